The molecule has 0 amide bonds. The van der Waals surface area contributed by atoms with Crippen molar-refractivity contribution < 1.29 is 8.42 Å². The van der Waals surface area contributed by atoms with Crippen LogP contribution >= 0.6 is 15.9 Å². The minimum absolute atomic E-state index is 0.228. The lowest BCUT2D eigenvalue weighted by atomic mass is 10.1. The molecule has 0 radical (unpaired) electrons. The van der Waals surface area contributed by atoms with Crippen LogP contribution in [0.25, 0.3) is 0 Å². The summed E-state index contributed by atoms with van der Waals surface area (Å²) >= 11 is 3.47. The van der Waals surface area contributed by atoms with Crippen molar-refractivity contribution >= 4 is 37.3 Å². The van der Waals surface area contributed by atoms with E-state index in [1.54, 1.807) is 43.4 Å². The molecule has 0 aromatic heterocycles. The molecule has 2 aromatic rings. The Balaban J connectivity index is 2.42. The number of aryl methyl sites for hydroxylation is 2. The Morgan fingerprint density at radius 2 is 1.62 bits per heavy atom. The Kier molecular flexibility index (Phi) is 4.58. The van der Waals surface area contributed by atoms with Crippen LogP contribution in [0.4, 0.5) is 11.4 Å². The number of hydrogen-bond donors (Lipinski definition) is 2. The summed E-state index contributed by atoms with van der Waals surface area (Å²) in [5.41, 5.74) is 3.08. The number of rotatable bonds is 4. The van der Waals surface area contributed by atoms with E-state index >= 15 is 0 Å². The molecule has 0 aliphatic carbocycles. The molecule has 2 aromatic carbocycles. The van der Waals surface area contributed by atoms with Gasteiger partial charge < -0.3 is 5.32 Å². The summed E-state index contributed by atoms with van der Waals surface area (Å²) in [7, 11) is -1.93. The lowest BCUT2D eigenvalue weighted by Gasteiger charge is -2.13. The predicted molar refractivity (Wildman–Crippen MR) is 90.4 cm³/mol. The van der Waals surface area contributed by atoms with Gasteiger partial charge in [0.1, 0.15) is 4.90 Å². The van der Waals surface area contributed by atoms with E-state index in [1.807, 2.05) is 13.8 Å². The van der Waals surface area contributed by atoms with Crippen molar-refractivity contribution in [3.05, 3.63) is 52.0 Å². The lowest BCUT2D eigenvalue weighted by Crippen LogP contribution is -2.15. The standard InChI is InChI=1S/C15H17BrN2O2S/c1-10-8-12(9-11(2)15(10)16)18-21(19,20)14-7-5-4-6-13(14)17-3/h4-9,17-18H,1-3H3. The Morgan fingerprint density at radius 3 is 2.19 bits per heavy atom. The highest BCUT2D eigenvalue weighted by atomic mass is 79.9. The fraction of sp³-hybridized carbons (Fsp3) is 0.200. The number of hydrogen-bond acceptors (Lipinski definition) is 3. The van der Waals surface area contributed by atoms with Gasteiger partial charge in [-0.05, 0) is 49.2 Å². The van der Waals surface area contributed by atoms with E-state index < -0.39 is 10.0 Å². The van der Waals surface area contributed by atoms with E-state index in [2.05, 4.69) is 26.0 Å². The van der Waals surface area contributed by atoms with Gasteiger partial charge in [-0.2, -0.15) is 0 Å². The van der Waals surface area contributed by atoms with Crippen LogP contribution in [-0.2, 0) is 10.0 Å². The monoisotopic (exact) mass is 368 g/mol. The van der Waals surface area contributed by atoms with Crippen LogP contribution < -0.4 is 10.0 Å². The van der Waals surface area contributed by atoms with Gasteiger partial charge in [0.05, 0.1) is 5.69 Å². The van der Waals surface area contributed by atoms with E-state index in [0.717, 1.165) is 15.6 Å². The predicted octanol–water partition coefficient (Wildman–Crippen LogP) is 3.91. The molecule has 112 valence electrons. The molecule has 0 bridgehead atoms. The first-order chi connectivity index (χ1) is 9.85. The summed E-state index contributed by atoms with van der Waals surface area (Å²) in [6.45, 7) is 3.85. The average Bonchev–Trinajstić information content (AvgIpc) is 2.44. The second-order valence-corrected chi connectivity index (χ2v) is 7.22. The normalized spacial score (nSPS) is 11.2. The molecule has 0 atom stereocenters. The second kappa shape index (κ2) is 6.07. The van der Waals surface area contributed by atoms with Gasteiger partial charge in [0.2, 0.25) is 0 Å². The van der Waals surface area contributed by atoms with E-state index in [-0.39, 0.29) is 4.90 Å². The van der Waals surface area contributed by atoms with Crippen LogP contribution in [0.1, 0.15) is 11.1 Å². The van der Waals surface area contributed by atoms with Crippen LogP contribution in [0.5, 0.6) is 0 Å². The quantitative estimate of drug-likeness (QED) is 0.859. The third-order valence-electron chi connectivity index (χ3n) is 3.13. The van der Waals surface area contributed by atoms with E-state index in [4.69, 9.17) is 0 Å². The highest BCUT2D eigenvalue weighted by molar-refractivity contribution is 9.10. The number of nitrogens with one attached hydrogen (secondary N) is 2. The summed E-state index contributed by atoms with van der Waals surface area (Å²) in [6.07, 6.45) is 0. The van der Waals surface area contributed by atoms with Crippen LogP contribution in [0.3, 0.4) is 0 Å². The summed E-state index contributed by atoms with van der Waals surface area (Å²) in [5.74, 6) is 0. The average molecular weight is 369 g/mol. The lowest BCUT2D eigenvalue weighted by molar-refractivity contribution is 0.601. The summed E-state index contributed by atoms with van der Waals surface area (Å²) in [6, 6.07) is 10.4. The molecule has 0 saturated carbocycles. The van der Waals surface area contributed by atoms with Gasteiger partial charge in [0, 0.05) is 17.2 Å². The molecule has 0 saturated heterocycles. The Labute approximate surface area is 133 Å². The Bertz CT molecular complexity index is 750. The summed E-state index contributed by atoms with van der Waals surface area (Å²) in [5, 5.41) is 2.89. The first-order valence-corrected chi connectivity index (χ1v) is 8.69. The van der Waals surface area contributed by atoms with Crippen molar-refractivity contribution in [2.75, 3.05) is 17.1 Å². The van der Waals surface area contributed by atoms with Gasteiger partial charge in [0.15, 0.2) is 0 Å². The first kappa shape index (κ1) is 15.9. The molecular formula is C15H17BrN2O2S. The van der Waals surface area contributed by atoms with Crippen molar-refractivity contribution in [1.82, 2.24) is 0 Å². The van der Waals surface area contributed by atoms with Gasteiger partial charge in [-0.3, -0.25) is 4.72 Å². The highest BCUT2D eigenvalue weighted by Crippen LogP contribution is 2.28. The Hall–Kier alpha value is -1.53. The zero-order chi connectivity index (χ0) is 15.6. The van der Waals surface area contributed by atoms with Crippen molar-refractivity contribution in [2.45, 2.75) is 18.7 Å². The van der Waals surface area contributed by atoms with Crippen molar-refractivity contribution in [2.24, 2.45) is 0 Å². The minimum atomic E-state index is -3.63. The smallest absolute Gasteiger partial charge is 0.263 e. The SMILES string of the molecule is CNc1ccccc1S(=O)(=O)Nc1cc(C)c(Br)c(C)c1. The van der Waals surface area contributed by atoms with Crippen LogP contribution in [0.2, 0.25) is 0 Å². The van der Waals surface area contributed by atoms with Gasteiger partial charge >= 0.3 is 0 Å². The molecule has 2 N–H and O–H groups in total. The van der Waals surface area contributed by atoms with Gasteiger partial charge in [0.25, 0.3) is 10.0 Å². The molecular weight excluding hydrogens is 352 g/mol. The molecule has 21 heavy (non-hydrogen) atoms. The third kappa shape index (κ3) is 3.39. The number of sulfonamides is 1. The summed E-state index contributed by atoms with van der Waals surface area (Å²) < 4.78 is 28.7. The molecule has 0 heterocycles. The van der Waals surface area contributed by atoms with E-state index in [0.29, 0.717) is 11.4 Å². The van der Waals surface area contributed by atoms with Gasteiger partial charge in [-0.1, -0.05) is 28.1 Å². The van der Waals surface area contributed by atoms with Crippen LogP contribution in [0, 0.1) is 13.8 Å². The molecule has 0 aliphatic rings. The second-order valence-electron chi connectivity index (χ2n) is 4.78. The fourth-order valence-corrected chi connectivity index (χ4v) is 3.61. The van der Waals surface area contributed by atoms with Crippen LogP contribution in [0.15, 0.2) is 45.8 Å². The minimum Gasteiger partial charge on any atom is -0.387 e. The van der Waals surface area contributed by atoms with Gasteiger partial charge in [-0.15, -0.1) is 0 Å². The molecule has 2 rings (SSSR count). The van der Waals surface area contributed by atoms with Crippen molar-refractivity contribution in [3.63, 3.8) is 0 Å². The zero-order valence-corrected chi connectivity index (χ0v) is 14.5. The highest BCUT2D eigenvalue weighted by Gasteiger charge is 2.18. The third-order valence-corrected chi connectivity index (χ3v) is 5.82. The fourth-order valence-electron chi connectivity index (χ4n) is 2.12. The van der Waals surface area contributed by atoms with Crippen molar-refractivity contribution in [1.29, 1.82) is 0 Å². The number of halogens is 1. The van der Waals surface area contributed by atoms with Gasteiger partial charge in [-0.25, -0.2) is 8.42 Å². The van der Waals surface area contributed by atoms with Crippen molar-refractivity contribution in [3.8, 4) is 0 Å². The van der Waals surface area contributed by atoms with E-state index in [1.165, 1.54) is 0 Å². The molecule has 6 heteroatoms. The molecule has 0 spiro atoms. The maximum atomic E-state index is 12.5. The molecule has 4 nitrogen and oxygen atoms in total. The van der Waals surface area contributed by atoms with Crippen LogP contribution in [-0.4, -0.2) is 15.5 Å². The Morgan fingerprint density at radius 1 is 1.05 bits per heavy atom. The maximum Gasteiger partial charge on any atom is 0.263 e. The first-order valence-electron chi connectivity index (χ1n) is 6.41. The maximum absolute atomic E-state index is 12.5. The molecule has 0 aliphatic heterocycles. The number of anilines is 2. The molecule has 0 fully saturated rings. The number of benzene rings is 2. The summed E-state index contributed by atoms with van der Waals surface area (Å²) in [4.78, 5) is 0.228. The van der Waals surface area contributed by atoms with E-state index in [9.17, 15) is 8.42 Å². The number of para-hydroxylation sites is 1. The topological polar surface area (TPSA) is 58.2 Å². The zero-order valence-electron chi connectivity index (χ0n) is 12.1. The largest absolute Gasteiger partial charge is 0.387 e. The molecule has 0 unspecified atom stereocenters.